The van der Waals surface area contributed by atoms with Crippen molar-refractivity contribution < 1.29 is 9.53 Å². The van der Waals surface area contributed by atoms with Crippen molar-refractivity contribution in [1.82, 2.24) is 5.43 Å². The Balaban J connectivity index is 2.02. The van der Waals surface area contributed by atoms with E-state index in [0.29, 0.717) is 17.9 Å². The lowest BCUT2D eigenvalue weighted by Crippen LogP contribution is -2.27. The first kappa shape index (κ1) is 17.7. The van der Waals surface area contributed by atoms with Gasteiger partial charge in [-0.05, 0) is 31.9 Å². The molecule has 2 aromatic carbocycles. The third-order valence-corrected chi connectivity index (χ3v) is 4.06. The molecule has 0 aliphatic carbocycles. The van der Waals surface area contributed by atoms with Crippen LogP contribution in [0.1, 0.15) is 25.3 Å². The predicted molar refractivity (Wildman–Crippen MR) is 105 cm³/mol. The summed E-state index contributed by atoms with van der Waals surface area (Å²) in [5.41, 5.74) is 10.2. The number of nitrogens with zero attached hydrogens (tertiary/aromatic N) is 1. The smallest absolute Gasteiger partial charge is 0.342 e. The minimum Gasteiger partial charge on any atom is -0.462 e. The number of hydrogen-bond acceptors (Lipinski definition) is 5. The topological polar surface area (TPSA) is 62.7 Å². The molecule has 1 aliphatic rings. The van der Waals surface area contributed by atoms with Gasteiger partial charge >= 0.3 is 5.97 Å². The second-order valence-corrected chi connectivity index (χ2v) is 5.88. The number of hydrogen-bond donors (Lipinski definition) is 2. The number of carbonyl (C=O) groups excluding carboxylic acids is 1. The summed E-state index contributed by atoms with van der Waals surface area (Å²) in [6, 6.07) is 19.5. The van der Waals surface area contributed by atoms with Gasteiger partial charge in [0.2, 0.25) is 0 Å². The molecule has 0 unspecified atom stereocenters. The molecular weight excluding hydrogens is 326 g/mol. The first-order valence-corrected chi connectivity index (χ1v) is 8.87. The Morgan fingerprint density at radius 2 is 1.77 bits per heavy atom. The van der Waals surface area contributed by atoms with Crippen LogP contribution in [0.25, 0.3) is 5.70 Å². The average molecular weight is 349 g/mol. The van der Waals surface area contributed by atoms with E-state index in [2.05, 4.69) is 15.8 Å². The molecule has 2 aromatic rings. The molecule has 0 spiro atoms. The van der Waals surface area contributed by atoms with Crippen LogP contribution in [-0.2, 0) is 9.53 Å². The van der Waals surface area contributed by atoms with Gasteiger partial charge in [0, 0.05) is 12.1 Å². The van der Waals surface area contributed by atoms with Crippen molar-refractivity contribution in [3.63, 3.8) is 0 Å². The summed E-state index contributed by atoms with van der Waals surface area (Å²) in [6.45, 7) is 2.88. The van der Waals surface area contributed by atoms with E-state index in [-0.39, 0.29) is 5.97 Å². The zero-order chi connectivity index (χ0) is 18.2. The Hall–Kier alpha value is -3.08. The van der Waals surface area contributed by atoms with Crippen LogP contribution in [-0.4, -0.2) is 24.8 Å². The van der Waals surface area contributed by atoms with Gasteiger partial charge < -0.3 is 10.2 Å². The molecule has 134 valence electrons. The molecule has 0 bridgehead atoms. The van der Waals surface area contributed by atoms with Gasteiger partial charge in [0.25, 0.3) is 0 Å². The van der Waals surface area contributed by atoms with Crippen molar-refractivity contribution in [2.45, 2.75) is 19.8 Å². The highest BCUT2D eigenvalue weighted by Gasteiger charge is 2.25. The van der Waals surface area contributed by atoms with Crippen LogP contribution in [0.15, 0.2) is 71.2 Å². The number of para-hydroxylation sites is 1. The van der Waals surface area contributed by atoms with Crippen molar-refractivity contribution in [3.8, 4) is 0 Å². The fourth-order valence-corrected chi connectivity index (χ4v) is 2.85. The van der Waals surface area contributed by atoms with Crippen molar-refractivity contribution in [2.75, 3.05) is 18.6 Å². The highest BCUT2D eigenvalue weighted by molar-refractivity contribution is 6.25. The number of carbonyl (C=O) groups is 1. The number of aliphatic imine (C=N–C) groups is 1. The first-order chi connectivity index (χ1) is 12.8. The van der Waals surface area contributed by atoms with E-state index >= 15 is 0 Å². The predicted octanol–water partition coefficient (Wildman–Crippen LogP) is 3.81. The van der Waals surface area contributed by atoms with Crippen molar-refractivity contribution in [1.29, 1.82) is 0 Å². The molecule has 2 N–H and O–H groups in total. The Morgan fingerprint density at radius 1 is 1.08 bits per heavy atom. The maximum absolute atomic E-state index is 12.7. The van der Waals surface area contributed by atoms with Crippen LogP contribution in [0.4, 0.5) is 5.69 Å². The van der Waals surface area contributed by atoms with Gasteiger partial charge in [0.05, 0.1) is 23.7 Å². The van der Waals surface area contributed by atoms with Crippen molar-refractivity contribution in [3.05, 3.63) is 71.8 Å². The lowest BCUT2D eigenvalue weighted by atomic mass is 10.0. The number of esters is 1. The molecule has 0 saturated heterocycles. The zero-order valence-electron chi connectivity index (χ0n) is 14.9. The third kappa shape index (κ3) is 4.30. The lowest BCUT2D eigenvalue weighted by Gasteiger charge is -2.18. The molecule has 0 radical (unpaired) electrons. The van der Waals surface area contributed by atoms with Gasteiger partial charge in [0.15, 0.2) is 0 Å². The highest BCUT2D eigenvalue weighted by atomic mass is 16.5. The summed E-state index contributed by atoms with van der Waals surface area (Å²) in [4.78, 5) is 17.3. The summed E-state index contributed by atoms with van der Waals surface area (Å²) in [5.74, 6) is -0.352. The summed E-state index contributed by atoms with van der Waals surface area (Å²) in [6.07, 6.45) is 1.73. The molecule has 5 nitrogen and oxygen atoms in total. The van der Waals surface area contributed by atoms with Gasteiger partial charge in [-0.15, -0.1) is 0 Å². The number of rotatable bonds is 7. The SMILES string of the molecule is CCOC(=O)/C(C1=NCCC1)=C(\NNc1ccccc1)c1ccccc1. The largest absolute Gasteiger partial charge is 0.462 e. The van der Waals surface area contributed by atoms with E-state index in [9.17, 15) is 4.79 Å². The van der Waals surface area contributed by atoms with E-state index in [1.165, 1.54) is 0 Å². The summed E-state index contributed by atoms with van der Waals surface area (Å²) < 4.78 is 5.33. The molecule has 1 heterocycles. The number of hydrazine groups is 1. The molecule has 1 aliphatic heterocycles. The van der Waals surface area contributed by atoms with Gasteiger partial charge in [-0.3, -0.25) is 10.4 Å². The lowest BCUT2D eigenvalue weighted by molar-refractivity contribution is -0.137. The minimum atomic E-state index is -0.352. The van der Waals surface area contributed by atoms with Gasteiger partial charge in [-0.25, -0.2) is 4.79 Å². The summed E-state index contributed by atoms with van der Waals surface area (Å²) >= 11 is 0. The highest BCUT2D eigenvalue weighted by Crippen LogP contribution is 2.23. The Morgan fingerprint density at radius 3 is 2.38 bits per heavy atom. The zero-order valence-corrected chi connectivity index (χ0v) is 14.9. The summed E-state index contributed by atoms with van der Waals surface area (Å²) in [5, 5.41) is 0. The standard InChI is InChI=1S/C21H23N3O2/c1-2-26-21(25)19(18-14-9-15-22-18)20(16-10-5-3-6-11-16)24-23-17-12-7-4-8-13-17/h3-8,10-13,23-24H,2,9,14-15H2,1H3/b20-19-. The third-order valence-electron chi connectivity index (χ3n) is 4.06. The monoisotopic (exact) mass is 349 g/mol. The van der Waals surface area contributed by atoms with Crippen LogP contribution in [0, 0.1) is 0 Å². The summed E-state index contributed by atoms with van der Waals surface area (Å²) in [7, 11) is 0. The molecule has 5 heteroatoms. The van der Waals surface area contributed by atoms with Crippen molar-refractivity contribution in [2.24, 2.45) is 4.99 Å². The van der Waals surface area contributed by atoms with Crippen LogP contribution in [0.5, 0.6) is 0 Å². The Kier molecular flexibility index (Phi) is 6.04. The van der Waals surface area contributed by atoms with E-state index in [1.54, 1.807) is 0 Å². The molecule has 0 atom stereocenters. The molecule has 0 aromatic heterocycles. The van der Waals surface area contributed by atoms with Crippen molar-refractivity contribution >= 4 is 23.1 Å². The quantitative estimate of drug-likeness (QED) is 0.453. The maximum Gasteiger partial charge on any atom is 0.342 e. The van der Waals surface area contributed by atoms with Gasteiger partial charge in [-0.2, -0.15) is 0 Å². The molecule has 0 fully saturated rings. The molecule has 3 rings (SSSR count). The van der Waals surface area contributed by atoms with E-state index in [4.69, 9.17) is 4.74 Å². The Bertz CT molecular complexity index is 799. The average Bonchev–Trinajstić information content (AvgIpc) is 3.21. The number of anilines is 1. The van der Waals surface area contributed by atoms with E-state index in [0.717, 1.165) is 36.3 Å². The first-order valence-electron chi connectivity index (χ1n) is 8.87. The van der Waals surface area contributed by atoms with E-state index < -0.39 is 0 Å². The van der Waals surface area contributed by atoms with Gasteiger partial charge in [0.1, 0.15) is 5.57 Å². The van der Waals surface area contributed by atoms with Crippen LogP contribution in [0.2, 0.25) is 0 Å². The molecule has 0 saturated carbocycles. The number of benzene rings is 2. The molecule has 26 heavy (non-hydrogen) atoms. The van der Waals surface area contributed by atoms with Crippen LogP contribution < -0.4 is 10.9 Å². The van der Waals surface area contributed by atoms with Crippen LogP contribution in [0.3, 0.4) is 0 Å². The fourth-order valence-electron chi connectivity index (χ4n) is 2.85. The molecule has 0 amide bonds. The Labute approximate surface area is 153 Å². The number of nitrogens with one attached hydrogen (secondary N) is 2. The normalized spacial score (nSPS) is 14.3. The maximum atomic E-state index is 12.7. The van der Waals surface area contributed by atoms with Gasteiger partial charge in [-0.1, -0.05) is 48.5 Å². The second-order valence-electron chi connectivity index (χ2n) is 5.88. The fraction of sp³-hybridized carbons (Fsp3) is 0.238. The van der Waals surface area contributed by atoms with Crippen LogP contribution >= 0.6 is 0 Å². The second kappa shape index (κ2) is 8.85. The number of ether oxygens (including phenoxy) is 1. The molecular formula is C21H23N3O2. The minimum absolute atomic E-state index is 0.323. The van der Waals surface area contributed by atoms with E-state index in [1.807, 2.05) is 67.6 Å².